The maximum Gasteiger partial charge on any atom is 0.0587 e. The number of nitrogens with one attached hydrogen (secondary N) is 1. The van der Waals surface area contributed by atoms with E-state index in [-0.39, 0.29) is 12.6 Å². The Bertz CT molecular complexity index is 178. The molecule has 0 heterocycles. The standard InChI is InChI=1S/C14H29NO/c1-4-11(2)14(10-16)15-12(3)13-8-6-5-7-9-13/h11-16H,4-10H2,1-3H3. The van der Waals surface area contributed by atoms with Crippen LogP contribution >= 0.6 is 0 Å². The lowest BCUT2D eigenvalue weighted by Gasteiger charge is -2.33. The fraction of sp³-hybridized carbons (Fsp3) is 1.00. The van der Waals surface area contributed by atoms with Crippen LogP contribution in [0.1, 0.15) is 59.3 Å². The van der Waals surface area contributed by atoms with Gasteiger partial charge in [0.25, 0.3) is 0 Å². The molecular weight excluding hydrogens is 198 g/mol. The maximum atomic E-state index is 9.41. The van der Waals surface area contributed by atoms with Gasteiger partial charge in [-0.25, -0.2) is 0 Å². The minimum absolute atomic E-state index is 0.270. The summed E-state index contributed by atoms with van der Waals surface area (Å²) in [4.78, 5) is 0. The Morgan fingerprint density at radius 1 is 1.19 bits per heavy atom. The molecule has 0 radical (unpaired) electrons. The Morgan fingerprint density at radius 3 is 2.31 bits per heavy atom. The summed E-state index contributed by atoms with van der Waals surface area (Å²) < 4.78 is 0. The predicted octanol–water partition coefficient (Wildman–Crippen LogP) is 2.95. The highest BCUT2D eigenvalue weighted by atomic mass is 16.3. The van der Waals surface area contributed by atoms with Crippen molar-refractivity contribution in [2.45, 2.75) is 71.4 Å². The van der Waals surface area contributed by atoms with Gasteiger partial charge >= 0.3 is 0 Å². The molecule has 0 saturated heterocycles. The highest BCUT2D eigenvalue weighted by Gasteiger charge is 2.23. The van der Waals surface area contributed by atoms with E-state index in [4.69, 9.17) is 0 Å². The number of aliphatic hydroxyl groups excluding tert-OH is 1. The monoisotopic (exact) mass is 227 g/mol. The summed E-state index contributed by atoms with van der Waals surface area (Å²) in [6, 6.07) is 0.841. The summed E-state index contributed by atoms with van der Waals surface area (Å²) in [6.45, 7) is 6.98. The van der Waals surface area contributed by atoms with Crippen molar-refractivity contribution in [2.75, 3.05) is 6.61 Å². The Morgan fingerprint density at radius 2 is 1.81 bits per heavy atom. The summed E-state index contributed by atoms with van der Waals surface area (Å²) >= 11 is 0. The molecule has 1 aliphatic rings. The van der Waals surface area contributed by atoms with Crippen molar-refractivity contribution in [3.8, 4) is 0 Å². The van der Waals surface area contributed by atoms with Crippen LogP contribution < -0.4 is 5.32 Å². The molecule has 2 N–H and O–H groups in total. The number of hydrogen-bond acceptors (Lipinski definition) is 2. The zero-order valence-electron chi connectivity index (χ0n) is 11.2. The zero-order valence-corrected chi connectivity index (χ0v) is 11.2. The largest absolute Gasteiger partial charge is 0.395 e. The summed E-state index contributed by atoms with van der Waals surface area (Å²) in [5.41, 5.74) is 0. The summed E-state index contributed by atoms with van der Waals surface area (Å²) in [5.74, 6) is 1.39. The molecular formula is C14H29NO. The zero-order chi connectivity index (χ0) is 12.0. The number of rotatable bonds is 6. The minimum atomic E-state index is 0.270. The van der Waals surface area contributed by atoms with Gasteiger partial charge in [0, 0.05) is 12.1 Å². The predicted molar refractivity (Wildman–Crippen MR) is 69.5 cm³/mol. The lowest BCUT2D eigenvalue weighted by molar-refractivity contribution is 0.169. The van der Waals surface area contributed by atoms with E-state index in [2.05, 4.69) is 26.1 Å². The molecule has 1 fully saturated rings. The third kappa shape index (κ3) is 4.06. The van der Waals surface area contributed by atoms with E-state index in [1.807, 2.05) is 0 Å². The first-order valence-corrected chi connectivity index (χ1v) is 7.06. The Labute approximate surface area is 101 Å². The molecule has 16 heavy (non-hydrogen) atoms. The van der Waals surface area contributed by atoms with Crippen molar-refractivity contribution in [3.05, 3.63) is 0 Å². The lowest BCUT2D eigenvalue weighted by atomic mass is 9.84. The quantitative estimate of drug-likeness (QED) is 0.731. The van der Waals surface area contributed by atoms with Crippen LogP contribution in [0.15, 0.2) is 0 Å². The van der Waals surface area contributed by atoms with Crippen LogP contribution in [0.4, 0.5) is 0 Å². The first kappa shape index (κ1) is 14.0. The smallest absolute Gasteiger partial charge is 0.0587 e. The Balaban J connectivity index is 2.37. The molecule has 0 amide bonds. The molecule has 2 nitrogen and oxygen atoms in total. The molecule has 0 aliphatic heterocycles. The van der Waals surface area contributed by atoms with Crippen molar-refractivity contribution in [2.24, 2.45) is 11.8 Å². The average Bonchev–Trinajstić information content (AvgIpc) is 2.35. The van der Waals surface area contributed by atoms with Gasteiger partial charge in [-0.1, -0.05) is 39.5 Å². The van der Waals surface area contributed by atoms with Gasteiger partial charge in [0.05, 0.1) is 6.61 Å². The molecule has 96 valence electrons. The Hall–Kier alpha value is -0.0800. The van der Waals surface area contributed by atoms with Crippen molar-refractivity contribution >= 4 is 0 Å². The molecule has 0 spiro atoms. The molecule has 1 aliphatic carbocycles. The second-order valence-electron chi connectivity index (χ2n) is 5.53. The summed E-state index contributed by atoms with van der Waals surface area (Å²) in [5, 5.41) is 13.0. The van der Waals surface area contributed by atoms with Crippen LogP contribution in [0.25, 0.3) is 0 Å². The van der Waals surface area contributed by atoms with Gasteiger partial charge in [-0.05, 0) is 31.6 Å². The van der Waals surface area contributed by atoms with Gasteiger partial charge in [-0.2, -0.15) is 0 Å². The van der Waals surface area contributed by atoms with Crippen molar-refractivity contribution in [3.63, 3.8) is 0 Å². The van der Waals surface area contributed by atoms with E-state index in [1.54, 1.807) is 0 Å². The van der Waals surface area contributed by atoms with Crippen LogP contribution in [0.5, 0.6) is 0 Å². The van der Waals surface area contributed by atoms with Gasteiger partial charge in [0.15, 0.2) is 0 Å². The fourth-order valence-electron chi connectivity index (χ4n) is 2.79. The molecule has 0 aromatic carbocycles. The van der Waals surface area contributed by atoms with Crippen LogP contribution in [-0.4, -0.2) is 23.8 Å². The van der Waals surface area contributed by atoms with E-state index >= 15 is 0 Å². The van der Waals surface area contributed by atoms with E-state index in [0.29, 0.717) is 12.0 Å². The first-order valence-electron chi connectivity index (χ1n) is 7.06. The number of aliphatic hydroxyl groups is 1. The second-order valence-corrected chi connectivity index (χ2v) is 5.53. The lowest BCUT2D eigenvalue weighted by Crippen LogP contribution is -2.46. The van der Waals surface area contributed by atoms with E-state index in [1.165, 1.54) is 32.1 Å². The molecule has 0 aromatic rings. The van der Waals surface area contributed by atoms with Crippen molar-refractivity contribution in [1.82, 2.24) is 5.32 Å². The maximum absolute atomic E-state index is 9.41. The molecule has 3 unspecified atom stereocenters. The van der Waals surface area contributed by atoms with Crippen LogP contribution in [0.2, 0.25) is 0 Å². The fourth-order valence-corrected chi connectivity index (χ4v) is 2.79. The Kier molecular flexibility index (Phi) is 6.37. The van der Waals surface area contributed by atoms with Crippen molar-refractivity contribution < 1.29 is 5.11 Å². The van der Waals surface area contributed by atoms with Gasteiger partial charge in [0.2, 0.25) is 0 Å². The third-order valence-corrected chi connectivity index (χ3v) is 4.36. The highest BCUT2D eigenvalue weighted by Crippen LogP contribution is 2.26. The summed E-state index contributed by atoms with van der Waals surface area (Å²) in [7, 11) is 0. The highest BCUT2D eigenvalue weighted by molar-refractivity contribution is 4.81. The SMILES string of the molecule is CCC(C)C(CO)NC(C)C1CCCCC1. The van der Waals surface area contributed by atoms with Gasteiger partial charge in [-0.15, -0.1) is 0 Å². The summed E-state index contributed by atoms with van der Waals surface area (Å²) in [6.07, 6.45) is 8.07. The molecule has 1 rings (SSSR count). The van der Waals surface area contributed by atoms with Crippen LogP contribution in [0.3, 0.4) is 0 Å². The molecule has 0 bridgehead atoms. The molecule has 0 aromatic heterocycles. The van der Waals surface area contributed by atoms with Gasteiger partial charge in [0.1, 0.15) is 0 Å². The normalized spacial score (nSPS) is 24.0. The van der Waals surface area contributed by atoms with E-state index in [9.17, 15) is 5.11 Å². The van der Waals surface area contributed by atoms with Gasteiger partial charge in [-0.3, -0.25) is 0 Å². The topological polar surface area (TPSA) is 32.3 Å². The van der Waals surface area contributed by atoms with Gasteiger partial charge < -0.3 is 10.4 Å². The van der Waals surface area contributed by atoms with E-state index < -0.39 is 0 Å². The second kappa shape index (κ2) is 7.29. The third-order valence-electron chi connectivity index (χ3n) is 4.36. The molecule has 3 atom stereocenters. The van der Waals surface area contributed by atoms with Crippen molar-refractivity contribution in [1.29, 1.82) is 0 Å². The molecule has 1 saturated carbocycles. The average molecular weight is 227 g/mol. The van der Waals surface area contributed by atoms with Crippen LogP contribution in [0, 0.1) is 11.8 Å². The number of hydrogen-bond donors (Lipinski definition) is 2. The first-order chi connectivity index (χ1) is 7.69. The molecule has 2 heteroatoms. The van der Waals surface area contributed by atoms with E-state index in [0.717, 1.165) is 12.3 Å². The van der Waals surface area contributed by atoms with Crippen LogP contribution in [-0.2, 0) is 0 Å². The minimum Gasteiger partial charge on any atom is -0.395 e.